The number of H-pyrrole nitrogens is 1. The normalized spacial score (nSPS) is 14.9. The monoisotopic (exact) mass is 465 g/mol. The van der Waals surface area contributed by atoms with E-state index in [1.165, 1.54) is 22.1 Å². The third-order valence-electron chi connectivity index (χ3n) is 5.16. The number of rotatable bonds is 9. The molecule has 0 unspecified atom stereocenters. The van der Waals surface area contributed by atoms with E-state index in [0.717, 1.165) is 31.4 Å². The fraction of sp³-hybridized carbons (Fsp3) is 0.240. The van der Waals surface area contributed by atoms with Gasteiger partial charge in [0.15, 0.2) is 0 Å². The van der Waals surface area contributed by atoms with Crippen LogP contribution in [0.3, 0.4) is 0 Å². The van der Waals surface area contributed by atoms with Gasteiger partial charge < -0.3 is 30.6 Å². The molecule has 0 bridgehead atoms. The van der Waals surface area contributed by atoms with Gasteiger partial charge in [0.05, 0.1) is 6.04 Å². The van der Waals surface area contributed by atoms with E-state index < -0.39 is 11.9 Å². The molecule has 1 saturated heterocycles. The van der Waals surface area contributed by atoms with Gasteiger partial charge in [-0.2, -0.15) is 0 Å². The van der Waals surface area contributed by atoms with Gasteiger partial charge in [-0.3, -0.25) is 0 Å². The lowest BCUT2D eigenvalue weighted by Gasteiger charge is -2.08. The SMILES string of the molecule is O=C(O)/C=C\C(=O)O.O=C1N[C@@H](Cc2ccc3[nH]cc(CCNCc4ccccc4)c3c2)CO1. The van der Waals surface area contributed by atoms with E-state index >= 15 is 0 Å². The molecule has 178 valence electrons. The van der Waals surface area contributed by atoms with Crippen LogP contribution in [0.2, 0.25) is 0 Å². The highest BCUT2D eigenvalue weighted by Crippen LogP contribution is 2.21. The lowest BCUT2D eigenvalue weighted by molar-refractivity contribution is -0.134. The number of hydrogen-bond donors (Lipinski definition) is 5. The number of aromatic amines is 1. The Balaban J connectivity index is 0.000000350. The van der Waals surface area contributed by atoms with Crippen molar-refractivity contribution in [3.63, 3.8) is 0 Å². The van der Waals surface area contributed by atoms with Crippen molar-refractivity contribution in [3.8, 4) is 0 Å². The quantitative estimate of drug-likeness (QED) is 0.242. The van der Waals surface area contributed by atoms with E-state index in [1.807, 2.05) is 6.07 Å². The minimum absolute atomic E-state index is 0.0647. The third-order valence-corrected chi connectivity index (χ3v) is 5.16. The number of carbonyl (C=O) groups is 3. The number of hydrogen-bond acceptors (Lipinski definition) is 5. The fourth-order valence-corrected chi connectivity index (χ4v) is 3.57. The van der Waals surface area contributed by atoms with Crippen LogP contribution in [0.25, 0.3) is 10.9 Å². The summed E-state index contributed by atoms with van der Waals surface area (Å²) in [5, 5.41) is 23.2. The molecule has 1 aliphatic rings. The first kappa shape index (κ1) is 24.5. The summed E-state index contributed by atoms with van der Waals surface area (Å²) in [6, 6.07) is 17.0. The average Bonchev–Trinajstić information content (AvgIpc) is 3.42. The highest BCUT2D eigenvalue weighted by Gasteiger charge is 2.22. The maximum Gasteiger partial charge on any atom is 0.407 e. The topological polar surface area (TPSA) is 141 Å². The van der Waals surface area contributed by atoms with Gasteiger partial charge in [0.2, 0.25) is 0 Å². The molecule has 9 heteroatoms. The zero-order valence-electron chi connectivity index (χ0n) is 18.5. The summed E-state index contributed by atoms with van der Waals surface area (Å²) in [7, 11) is 0. The summed E-state index contributed by atoms with van der Waals surface area (Å²) in [4.78, 5) is 33.6. The number of amides is 1. The average molecular weight is 466 g/mol. The van der Waals surface area contributed by atoms with Crippen LogP contribution in [-0.4, -0.2) is 52.4 Å². The summed E-state index contributed by atoms with van der Waals surface area (Å²) in [6.07, 6.45) is 4.66. The molecule has 4 rings (SSSR count). The Morgan fingerprint density at radius 2 is 1.79 bits per heavy atom. The molecule has 0 spiro atoms. The van der Waals surface area contributed by atoms with E-state index in [4.69, 9.17) is 14.9 Å². The first-order chi connectivity index (χ1) is 16.4. The lowest BCUT2D eigenvalue weighted by Crippen LogP contribution is -2.28. The van der Waals surface area contributed by atoms with Gasteiger partial charge in [0.1, 0.15) is 6.61 Å². The van der Waals surface area contributed by atoms with E-state index in [1.54, 1.807) is 0 Å². The minimum Gasteiger partial charge on any atom is -0.478 e. The number of nitrogens with one attached hydrogen (secondary N) is 3. The Kier molecular flexibility index (Phi) is 8.81. The van der Waals surface area contributed by atoms with Crippen molar-refractivity contribution in [1.82, 2.24) is 15.6 Å². The Hall–Kier alpha value is -4.11. The summed E-state index contributed by atoms with van der Waals surface area (Å²) < 4.78 is 4.97. The maximum atomic E-state index is 11.2. The Morgan fingerprint density at radius 1 is 1.06 bits per heavy atom. The molecule has 1 atom stereocenters. The third kappa shape index (κ3) is 7.79. The fourth-order valence-electron chi connectivity index (χ4n) is 3.57. The first-order valence-corrected chi connectivity index (χ1v) is 10.8. The van der Waals surface area contributed by atoms with Gasteiger partial charge >= 0.3 is 18.0 Å². The van der Waals surface area contributed by atoms with Crippen LogP contribution in [0.1, 0.15) is 16.7 Å². The second-order valence-electron chi connectivity index (χ2n) is 7.76. The van der Waals surface area contributed by atoms with Crippen LogP contribution in [0.5, 0.6) is 0 Å². The second kappa shape index (κ2) is 12.2. The zero-order valence-corrected chi connectivity index (χ0v) is 18.5. The van der Waals surface area contributed by atoms with Crippen molar-refractivity contribution >= 4 is 28.9 Å². The minimum atomic E-state index is -1.26. The van der Waals surface area contributed by atoms with Crippen molar-refractivity contribution in [3.05, 3.63) is 83.6 Å². The van der Waals surface area contributed by atoms with E-state index in [-0.39, 0.29) is 12.1 Å². The summed E-state index contributed by atoms with van der Waals surface area (Å²) in [6.45, 7) is 2.26. The van der Waals surface area contributed by atoms with Gasteiger partial charge in [0.25, 0.3) is 0 Å². The van der Waals surface area contributed by atoms with Crippen LogP contribution >= 0.6 is 0 Å². The molecule has 2 heterocycles. The lowest BCUT2D eigenvalue weighted by atomic mass is 10.0. The van der Waals surface area contributed by atoms with Crippen LogP contribution < -0.4 is 10.6 Å². The van der Waals surface area contributed by atoms with Gasteiger partial charge in [-0.1, -0.05) is 36.4 Å². The predicted molar refractivity (Wildman–Crippen MR) is 127 cm³/mol. The molecule has 5 N–H and O–H groups in total. The smallest absolute Gasteiger partial charge is 0.407 e. The summed E-state index contributed by atoms with van der Waals surface area (Å²) in [5.74, 6) is -2.51. The number of carboxylic acid groups (broad SMARTS) is 2. The number of carboxylic acids is 2. The number of benzene rings is 2. The second-order valence-corrected chi connectivity index (χ2v) is 7.76. The highest BCUT2D eigenvalue weighted by molar-refractivity contribution is 5.89. The molecule has 0 saturated carbocycles. The summed E-state index contributed by atoms with van der Waals surface area (Å²) in [5.41, 5.74) is 4.98. The molecule has 1 aliphatic heterocycles. The molecule has 0 aliphatic carbocycles. The van der Waals surface area contributed by atoms with Crippen molar-refractivity contribution < 1.29 is 29.3 Å². The Labute approximate surface area is 196 Å². The van der Waals surface area contributed by atoms with Gasteiger partial charge in [-0.05, 0) is 48.2 Å². The molecule has 1 aromatic heterocycles. The van der Waals surface area contributed by atoms with Gasteiger partial charge in [0, 0.05) is 35.8 Å². The molecule has 34 heavy (non-hydrogen) atoms. The number of fused-ring (bicyclic) bond motifs is 1. The molecule has 1 amide bonds. The molecule has 2 aromatic carbocycles. The molecular weight excluding hydrogens is 438 g/mol. The number of aromatic nitrogens is 1. The highest BCUT2D eigenvalue weighted by atomic mass is 16.6. The maximum absolute atomic E-state index is 11.2. The van der Waals surface area contributed by atoms with Gasteiger partial charge in [-0.15, -0.1) is 0 Å². The number of cyclic esters (lactones) is 1. The number of ether oxygens (including phenoxy) is 1. The largest absolute Gasteiger partial charge is 0.478 e. The first-order valence-electron chi connectivity index (χ1n) is 10.8. The van der Waals surface area contributed by atoms with Gasteiger partial charge in [-0.25, -0.2) is 14.4 Å². The standard InChI is InChI=1S/C21H23N3O2.C4H4O4/c25-21-24-18(14-26-21)10-16-6-7-20-19(11-16)17(13-23-20)8-9-22-12-15-4-2-1-3-5-15;5-3(6)1-2-4(7)8/h1-7,11,13,18,22-23H,8-10,12,14H2,(H,24,25);1-2H,(H,5,6)(H,7,8)/b;2-1-/t18-;/m0./s1. The Bertz CT molecular complexity index is 1140. The zero-order chi connectivity index (χ0) is 24.3. The van der Waals surface area contributed by atoms with E-state index in [0.29, 0.717) is 18.8 Å². The number of aliphatic carboxylic acids is 2. The number of carbonyl (C=O) groups excluding carboxylic acids is 1. The molecular formula is C25H27N3O6. The predicted octanol–water partition coefficient (Wildman–Crippen LogP) is 2.86. The van der Waals surface area contributed by atoms with Crippen molar-refractivity contribution in [1.29, 1.82) is 0 Å². The van der Waals surface area contributed by atoms with E-state index in [2.05, 4.69) is 64.3 Å². The van der Waals surface area contributed by atoms with Crippen molar-refractivity contribution in [2.75, 3.05) is 13.2 Å². The Morgan fingerprint density at radius 3 is 2.44 bits per heavy atom. The molecule has 9 nitrogen and oxygen atoms in total. The van der Waals surface area contributed by atoms with Crippen LogP contribution in [0, 0.1) is 0 Å². The van der Waals surface area contributed by atoms with Crippen molar-refractivity contribution in [2.45, 2.75) is 25.4 Å². The van der Waals surface area contributed by atoms with Crippen LogP contribution in [-0.2, 0) is 33.7 Å². The van der Waals surface area contributed by atoms with Crippen LogP contribution in [0.15, 0.2) is 66.9 Å². The molecule has 3 aromatic rings. The van der Waals surface area contributed by atoms with Crippen molar-refractivity contribution in [2.24, 2.45) is 0 Å². The van der Waals surface area contributed by atoms with E-state index in [9.17, 15) is 14.4 Å². The molecule has 0 radical (unpaired) electrons. The van der Waals surface area contributed by atoms with Crippen LogP contribution in [0.4, 0.5) is 4.79 Å². The summed E-state index contributed by atoms with van der Waals surface area (Å²) >= 11 is 0. The molecule has 1 fully saturated rings. The number of alkyl carbamates (subject to hydrolysis) is 1.